The molecule has 2 fully saturated rings. The molecule has 2 rings (SSSR count). The summed E-state index contributed by atoms with van der Waals surface area (Å²) in [5.41, 5.74) is 0. The summed E-state index contributed by atoms with van der Waals surface area (Å²) in [5, 5.41) is 3.48. The fourth-order valence-electron chi connectivity index (χ4n) is 3.91. The third kappa shape index (κ3) is 7.94. The number of piperidine rings is 1. The van der Waals surface area contributed by atoms with Crippen LogP contribution in [0, 0.1) is 0 Å². The Balaban J connectivity index is 1.78. The number of aliphatic imine (C=N–C) groups is 1. The van der Waals surface area contributed by atoms with Gasteiger partial charge in [-0.1, -0.05) is 0 Å². The highest BCUT2D eigenvalue weighted by Gasteiger charge is 2.25. The SMILES string of the molecule is CCNC(=NCC1CCCN1CCOC)N1CCC(OCCCOC)CC1. The van der Waals surface area contributed by atoms with E-state index in [0.717, 1.165) is 77.8 Å². The van der Waals surface area contributed by atoms with Gasteiger partial charge in [0.25, 0.3) is 0 Å². The Labute approximate surface area is 165 Å². The average Bonchev–Trinajstić information content (AvgIpc) is 3.15. The second-order valence-electron chi connectivity index (χ2n) is 7.42. The summed E-state index contributed by atoms with van der Waals surface area (Å²) in [4.78, 5) is 9.90. The number of nitrogens with zero attached hydrogens (tertiary/aromatic N) is 3. The first-order chi connectivity index (χ1) is 13.3. The van der Waals surface area contributed by atoms with Crippen LogP contribution in [0.4, 0.5) is 0 Å². The number of hydrogen-bond acceptors (Lipinski definition) is 5. The molecule has 1 atom stereocenters. The summed E-state index contributed by atoms with van der Waals surface area (Å²) in [5.74, 6) is 1.06. The van der Waals surface area contributed by atoms with Gasteiger partial charge in [0.05, 0.1) is 19.3 Å². The maximum absolute atomic E-state index is 5.98. The number of hydrogen-bond donors (Lipinski definition) is 1. The second-order valence-corrected chi connectivity index (χ2v) is 7.42. The van der Waals surface area contributed by atoms with E-state index in [1.807, 2.05) is 0 Å². The minimum atomic E-state index is 0.375. The van der Waals surface area contributed by atoms with Crippen LogP contribution in [0.25, 0.3) is 0 Å². The predicted octanol–water partition coefficient (Wildman–Crippen LogP) is 1.58. The lowest BCUT2D eigenvalue weighted by Gasteiger charge is -2.34. The zero-order valence-corrected chi connectivity index (χ0v) is 17.6. The van der Waals surface area contributed by atoms with Crippen LogP contribution < -0.4 is 5.32 Å². The van der Waals surface area contributed by atoms with E-state index in [2.05, 4.69) is 22.0 Å². The van der Waals surface area contributed by atoms with E-state index in [9.17, 15) is 0 Å². The van der Waals surface area contributed by atoms with Crippen LogP contribution >= 0.6 is 0 Å². The highest BCUT2D eigenvalue weighted by molar-refractivity contribution is 5.80. The van der Waals surface area contributed by atoms with Crippen molar-refractivity contribution in [1.82, 2.24) is 15.1 Å². The van der Waals surface area contributed by atoms with Gasteiger partial charge < -0.3 is 24.4 Å². The van der Waals surface area contributed by atoms with Crippen LogP contribution in [0.5, 0.6) is 0 Å². The second kappa shape index (κ2) is 13.3. The molecule has 1 N–H and O–H groups in total. The van der Waals surface area contributed by atoms with E-state index in [1.54, 1.807) is 14.2 Å². The molecule has 2 heterocycles. The van der Waals surface area contributed by atoms with Crippen LogP contribution in [0.2, 0.25) is 0 Å². The normalized spacial score (nSPS) is 22.6. The molecule has 0 radical (unpaired) electrons. The monoisotopic (exact) mass is 384 g/mol. The van der Waals surface area contributed by atoms with E-state index in [1.165, 1.54) is 19.4 Å². The predicted molar refractivity (Wildman–Crippen MR) is 109 cm³/mol. The van der Waals surface area contributed by atoms with Crippen LogP contribution in [0.3, 0.4) is 0 Å². The third-order valence-electron chi connectivity index (χ3n) is 5.46. The summed E-state index contributed by atoms with van der Waals surface area (Å²) in [6.07, 6.45) is 6.00. The van der Waals surface area contributed by atoms with E-state index in [4.69, 9.17) is 19.2 Å². The average molecular weight is 385 g/mol. The van der Waals surface area contributed by atoms with E-state index >= 15 is 0 Å². The molecule has 7 heteroatoms. The molecule has 0 bridgehead atoms. The number of rotatable bonds is 11. The van der Waals surface area contributed by atoms with Crippen LogP contribution in [0.15, 0.2) is 4.99 Å². The topological polar surface area (TPSA) is 58.6 Å². The first-order valence-electron chi connectivity index (χ1n) is 10.6. The minimum Gasteiger partial charge on any atom is -0.385 e. The molecule has 0 aromatic rings. The van der Waals surface area contributed by atoms with Crippen molar-refractivity contribution < 1.29 is 14.2 Å². The molecule has 0 amide bonds. The Morgan fingerprint density at radius 2 is 1.81 bits per heavy atom. The largest absolute Gasteiger partial charge is 0.385 e. The molecule has 158 valence electrons. The number of nitrogens with one attached hydrogen (secondary N) is 1. The first kappa shape index (κ1) is 22.4. The molecule has 0 spiro atoms. The number of likely N-dealkylation sites (tertiary alicyclic amines) is 2. The lowest BCUT2D eigenvalue weighted by atomic mass is 10.1. The van der Waals surface area contributed by atoms with Gasteiger partial charge in [0.2, 0.25) is 0 Å². The molecule has 1 unspecified atom stereocenters. The molecular weight excluding hydrogens is 344 g/mol. The van der Waals surface area contributed by atoms with Crippen molar-refractivity contribution in [2.75, 3.05) is 73.3 Å². The van der Waals surface area contributed by atoms with Crippen molar-refractivity contribution >= 4 is 5.96 Å². The van der Waals surface area contributed by atoms with Crippen LogP contribution in [0.1, 0.15) is 39.0 Å². The zero-order chi connectivity index (χ0) is 19.3. The van der Waals surface area contributed by atoms with Crippen LogP contribution in [-0.2, 0) is 14.2 Å². The lowest BCUT2D eigenvalue weighted by molar-refractivity contribution is 0.00989. The number of methoxy groups -OCH3 is 2. The summed E-state index contributed by atoms with van der Waals surface area (Å²) in [6.45, 7) is 10.5. The van der Waals surface area contributed by atoms with Gasteiger partial charge in [0, 0.05) is 59.7 Å². The standard InChI is InChI=1S/C20H40N4O3/c1-4-21-20(22-17-18-7-5-10-23(18)13-16-26-3)24-11-8-19(9-12-24)27-15-6-14-25-2/h18-19H,4-17H2,1-3H3,(H,21,22). The summed E-state index contributed by atoms with van der Waals surface area (Å²) < 4.78 is 16.3. The molecule has 0 aromatic carbocycles. The van der Waals surface area contributed by atoms with Gasteiger partial charge in [-0.05, 0) is 45.6 Å². The van der Waals surface area contributed by atoms with Crippen molar-refractivity contribution in [3.05, 3.63) is 0 Å². The van der Waals surface area contributed by atoms with Crippen molar-refractivity contribution in [3.8, 4) is 0 Å². The fourth-order valence-corrected chi connectivity index (χ4v) is 3.91. The summed E-state index contributed by atoms with van der Waals surface area (Å²) >= 11 is 0. The molecule has 7 nitrogen and oxygen atoms in total. The maximum Gasteiger partial charge on any atom is 0.193 e. The van der Waals surface area contributed by atoms with Gasteiger partial charge in [0.1, 0.15) is 0 Å². The molecule has 0 aliphatic carbocycles. The first-order valence-corrected chi connectivity index (χ1v) is 10.6. The number of ether oxygens (including phenoxy) is 3. The Hall–Kier alpha value is -0.890. The van der Waals surface area contributed by atoms with Crippen molar-refractivity contribution in [2.45, 2.75) is 51.2 Å². The Bertz CT molecular complexity index is 414. The molecular formula is C20H40N4O3. The molecule has 2 aliphatic heterocycles. The van der Waals surface area contributed by atoms with Gasteiger partial charge in [-0.25, -0.2) is 0 Å². The third-order valence-corrected chi connectivity index (χ3v) is 5.46. The Kier molecular flexibility index (Phi) is 11.0. The van der Waals surface area contributed by atoms with Crippen LogP contribution in [-0.4, -0.2) is 101 Å². The number of guanidine groups is 1. The van der Waals surface area contributed by atoms with Crippen molar-refractivity contribution in [3.63, 3.8) is 0 Å². The van der Waals surface area contributed by atoms with Gasteiger partial charge in [-0.2, -0.15) is 0 Å². The zero-order valence-electron chi connectivity index (χ0n) is 17.6. The lowest BCUT2D eigenvalue weighted by Crippen LogP contribution is -2.47. The molecule has 27 heavy (non-hydrogen) atoms. The highest BCUT2D eigenvalue weighted by Crippen LogP contribution is 2.18. The van der Waals surface area contributed by atoms with Gasteiger partial charge in [-0.15, -0.1) is 0 Å². The van der Waals surface area contributed by atoms with E-state index in [-0.39, 0.29) is 0 Å². The van der Waals surface area contributed by atoms with Gasteiger partial charge >= 0.3 is 0 Å². The van der Waals surface area contributed by atoms with E-state index < -0.39 is 0 Å². The van der Waals surface area contributed by atoms with Crippen molar-refractivity contribution in [1.29, 1.82) is 0 Å². The summed E-state index contributed by atoms with van der Waals surface area (Å²) in [6, 6.07) is 0.551. The molecule has 2 saturated heterocycles. The molecule has 0 aromatic heterocycles. The van der Waals surface area contributed by atoms with Gasteiger partial charge in [-0.3, -0.25) is 9.89 Å². The van der Waals surface area contributed by atoms with Crippen molar-refractivity contribution in [2.24, 2.45) is 4.99 Å². The van der Waals surface area contributed by atoms with Gasteiger partial charge in [0.15, 0.2) is 5.96 Å². The highest BCUT2D eigenvalue weighted by atomic mass is 16.5. The molecule has 0 saturated carbocycles. The Morgan fingerprint density at radius 3 is 2.52 bits per heavy atom. The minimum absolute atomic E-state index is 0.375. The quantitative estimate of drug-likeness (QED) is 0.332. The smallest absolute Gasteiger partial charge is 0.193 e. The molecule has 2 aliphatic rings. The Morgan fingerprint density at radius 1 is 1.04 bits per heavy atom. The summed E-state index contributed by atoms with van der Waals surface area (Å²) in [7, 11) is 3.51. The van der Waals surface area contributed by atoms with E-state index in [0.29, 0.717) is 12.1 Å². The fraction of sp³-hybridized carbons (Fsp3) is 0.950. The maximum atomic E-state index is 5.98.